The first-order valence-corrected chi connectivity index (χ1v) is 13.1. The maximum Gasteiger partial charge on any atom is 0.265 e. The number of nitrogens with zero attached hydrogens (tertiary/aromatic N) is 1. The molecule has 0 aromatic heterocycles. The van der Waals surface area contributed by atoms with E-state index < -0.39 is 0 Å². The summed E-state index contributed by atoms with van der Waals surface area (Å²) in [6.07, 6.45) is 6.43. The highest BCUT2D eigenvalue weighted by molar-refractivity contribution is 8.04. The van der Waals surface area contributed by atoms with Crippen molar-refractivity contribution in [2.24, 2.45) is 0 Å². The van der Waals surface area contributed by atoms with Crippen LogP contribution in [0, 0.1) is 13.8 Å². The molecule has 4 nitrogen and oxygen atoms in total. The van der Waals surface area contributed by atoms with Crippen LogP contribution in [0.15, 0.2) is 76.5 Å². The Hall–Kier alpha value is -3.31. The van der Waals surface area contributed by atoms with Crippen LogP contribution in [0.5, 0.6) is 0 Å². The van der Waals surface area contributed by atoms with Crippen molar-refractivity contribution in [1.29, 1.82) is 0 Å². The summed E-state index contributed by atoms with van der Waals surface area (Å²) in [6, 6.07) is 22.2. The molecule has 0 radical (unpaired) electrons. The quantitative estimate of drug-likeness (QED) is 0.414. The van der Waals surface area contributed by atoms with Gasteiger partial charge in [-0.05, 0) is 73.7 Å². The predicted octanol–water partition coefficient (Wildman–Crippen LogP) is 6.66. The SMILES string of the molecule is Cc1ccc(C)c(CN2C(=O)/C(=C\c3ccc(C(=O)NC4CCCC4)cc3)Sc3ccccc32)c1. The number of benzene rings is 3. The van der Waals surface area contributed by atoms with Crippen molar-refractivity contribution in [3.63, 3.8) is 0 Å². The molecular formula is C30H30N2O2S. The van der Waals surface area contributed by atoms with Crippen molar-refractivity contribution < 1.29 is 9.59 Å². The van der Waals surface area contributed by atoms with E-state index in [2.05, 4.69) is 43.4 Å². The van der Waals surface area contributed by atoms with Gasteiger partial charge < -0.3 is 10.2 Å². The van der Waals surface area contributed by atoms with Crippen molar-refractivity contribution in [1.82, 2.24) is 5.32 Å². The van der Waals surface area contributed by atoms with E-state index in [-0.39, 0.29) is 11.8 Å². The molecule has 178 valence electrons. The minimum absolute atomic E-state index is 0.00217. The number of hydrogen-bond acceptors (Lipinski definition) is 3. The lowest BCUT2D eigenvalue weighted by Crippen LogP contribution is -2.34. The average Bonchev–Trinajstić information content (AvgIpc) is 3.37. The normalized spacial score (nSPS) is 17.0. The Morgan fingerprint density at radius 3 is 2.54 bits per heavy atom. The van der Waals surface area contributed by atoms with Gasteiger partial charge in [-0.1, -0.05) is 72.6 Å². The fraction of sp³-hybridized carbons (Fsp3) is 0.267. The number of nitrogens with one attached hydrogen (secondary N) is 1. The molecular weight excluding hydrogens is 452 g/mol. The number of amides is 2. The molecule has 0 atom stereocenters. The van der Waals surface area contributed by atoms with Crippen molar-refractivity contribution >= 4 is 35.3 Å². The minimum Gasteiger partial charge on any atom is -0.349 e. The summed E-state index contributed by atoms with van der Waals surface area (Å²) in [5.74, 6) is -0.0227. The summed E-state index contributed by atoms with van der Waals surface area (Å²) >= 11 is 1.50. The van der Waals surface area contributed by atoms with E-state index in [0.29, 0.717) is 23.1 Å². The molecule has 0 bridgehead atoms. The van der Waals surface area contributed by atoms with E-state index in [4.69, 9.17) is 0 Å². The zero-order chi connectivity index (χ0) is 24.4. The zero-order valence-corrected chi connectivity index (χ0v) is 21.0. The van der Waals surface area contributed by atoms with Gasteiger partial charge in [0.15, 0.2) is 0 Å². The lowest BCUT2D eigenvalue weighted by molar-refractivity contribution is -0.114. The van der Waals surface area contributed by atoms with E-state index in [1.807, 2.05) is 53.4 Å². The van der Waals surface area contributed by atoms with E-state index in [9.17, 15) is 9.59 Å². The molecule has 1 fully saturated rings. The molecule has 5 rings (SSSR count). The van der Waals surface area contributed by atoms with Crippen LogP contribution >= 0.6 is 11.8 Å². The lowest BCUT2D eigenvalue weighted by atomic mass is 10.0. The molecule has 0 spiro atoms. The molecule has 1 aliphatic carbocycles. The minimum atomic E-state index is -0.0205. The third kappa shape index (κ3) is 5.20. The summed E-state index contributed by atoms with van der Waals surface area (Å²) in [5.41, 5.74) is 6.02. The van der Waals surface area contributed by atoms with Crippen molar-refractivity contribution in [2.75, 3.05) is 4.90 Å². The summed E-state index contributed by atoms with van der Waals surface area (Å²) in [4.78, 5) is 29.8. The van der Waals surface area contributed by atoms with E-state index in [0.717, 1.165) is 34.6 Å². The largest absolute Gasteiger partial charge is 0.349 e. The molecule has 35 heavy (non-hydrogen) atoms. The molecule has 1 aliphatic heterocycles. The molecule has 3 aromatic carbocycles. The summed E-state index contributed by atoms with van der Waals surface area (Å²) in [7, 11) is 0. The Morgan fingerprint density at radius 2 is 1.77 bits per heavy atom. The molecule has 1 N–H and O–H groups in total. The smallest absolute Gasteiger partial charge is 0.265 e. The number of rotatable bonds is 5. The summed E-state index contributed by atoms with van der Waals surface area (Å²) < 4.78 is 0. The standard InChI is InChI=1S/C30H30N2O2S/c1-20-11-12-21(2)24(17-20)19-32-26-9-5-6-10-27(26)35-28(30(32)34)18-22-13-15-23(16-14-22)29(33)31-25-7-3-4-8-25/h5-6,9-18,25H,3-4,7-8,19H2,1-2H3,(H,31,33)/b28-18+. The Balaban J connectivity index is 1.39. The molecule has 1 heterocycles. The molecule has 1 saturated carbocycles. The van der Waals surface area contributed by atoms with Crippen LogP contribution < -0.4 is 10.2 Å². The van der Waals surface area contributed by atoms with Crippen LogP contribution in [-0.4, -0.2) is 17.9 Å². The van der Waals surface area contributed by atoms with E-state index in [1.54, 1.807) is 0 Å². The number of fused-ring (bicyclic) bond motifs is 1. The predicted molar refractivity (Wildman–Crippen MR) is 144 cm³/mol. The first kappa shape index (κ1) is 23.4. The van der Waals surface area contributed by atoms with Crippen molar-refractivity contribution in [3.05, 3.63) is 99.5 Å². The molecule has 0 saturated heterocycles. The number of carbonyl (C=O) groups excluding carboxylic acids is 2. The summed E-state index contributed by atoms with van der Waals surface area (Å²) in [6.45, 7) is 4.69. The third-order valence-corrected chi connectivity index (χ3v) is 7.90. The second-order valence-electron chi connectivity index (χ2n) is 9.48. The van der Waals surface area contributed by atoms with Gasteiger partial charge >= 0.3 is 0 Å². The van der Waals surface area contributed by atoms with Gasteiger partial charge in [-0.3, -0.25) is 9.59 Å². The van der Waals surface area contributed by atoms with Gasteiger partial charge in [-0.25, -0.2) is 0 Å². The van der Waals surface area contributed by atoms with Crippen LogP contribution in [-0.2, 0) is 11.3 Å². The number of carbonyl (C=O) groups is 2. The Morgan fingerprint density at radius 1 is 1.03 bits per heavy atom. The monoisotopic (exact) mass is 482 g/mol. The first-order valence-electron chi connectivity index (χ1n) is 12.3. The van der Waals surface area contributed by atoms with E-state index in [1.165, 1.54) is 35.7 Å². The average molecular weight is 483 g/mol. The molecule has 3 aromatic rings. The van der Waals surface area contributed by atoms with Crippen molar-refractivity contribution in [2.45, 2.75) is 57.0 Å². The van der Waals surface area contributed by atoms with Gasteiger partial charge in [0.05, 0.1) is 17.1 Å². The van der Waals surface area contributed by atoms with Crippen LogP contribution in [0.1, 0.15) is 58.3 Å². The second-order valence-corrected chi connectivity index (χ2v) is 10.6. The summed E-state index contributed by atoms with van der Waals surface area (Å²) in [5, 5.41) is 3.13. The maximum absolute atomic E-state index is 13.6. The highest BCUT2D eigenvalue weighted by Gasteiger charge is 2.29. The van der Waals surface area contributed by atoms with Crippen molar-refractivity contribution in [3.8, 4) is 0 Å². The number of para-hydroxylation sites is 1. The van der Waals surface area contributed by atoms with E-state index >= 15 is 0 Å². The Kier molecular flexibility index (Phi) is 6.78. The van der Waals surface area contributed by atoms with Crippen LogP contribution in [0.3, 0.4) is 0 Å². The molecule has 2 aliphatic rings. The number of anilines is 1. The van der Waals surface area contributed by atoms with Gasteiger partial charge in [-0.2, -0.15) is 0 Å². The van der Waals surface area contributed by atoms with Crippen LogP contribution in [0.2, 0.25) is 0 Å². The second kappa shape index (κ2) is 10.1. The fourth-order valence-electron chi connectivity index (χ4n) is 4.78. The maximum atomic E-state index is 13.6. The third-order valence-electron chi connectivity index (χ3n) is 6.83. The number of hydrogen-bond donors (Lipinski definition) is 1. The highest BCUT2D eigenvalue weighted by atomic mass is 32.2. The zero-order valence-electron chi connectivity index (χ0n) is 20.2. The molecule has 2 amide bonds. The van der Waals surface area contributed by atoms with Gasteiger partial charge in [0.1, 0.15) is 0 Å². The number of aryl methyl sites for hydroxylation is 2. The molecule has 0 unspecified atom stereocenters. The lowest BCUT2D eigenvalue weighted by Gasteiger charge is -2.31. The van der Waals surface area contributed by atoms with Crippen LogP contribution in [0.25, 0.3) is 6.08 Å². The molecule has 5 heteroatoms. The van der Waals surface area contributed by atoms with Gasteiger partial charge in [0.25, 0.3) is 11.8 Å². The topological polar surface area (TPSA) is 49.4 Å². The van der Waals surface area contributed by atoms with Gasteiger partial charge in [-0.15, -0.1) is 0 Å². The first-order chi connectivity index (χ1) is 17.0. The van der Waals surface area contributed by atoms with Gasteiger partial charge in [0.2, 0.25) is 0 Å². The Labute approximate surface area is 211 Å². The van der Waals surface area contributed by atoms with Crippen LogP contribution in [0.4, 0.5) is 5.69 Å². The Bertz CT molecular complexity index is 1290. The fourth-order valence-corrected chi connectivity index (χ4v) is 5.84. The number of thioether (sulfide) groups is 1. The van der Waals surface area contributed by atoms with Gasteiger partial charge in [0, 0.05) is 16.5 Å². The highest BCUT2D eigenvalue weighted by Crippen LogP contribution is 2.42.